The molecule has 2 fully saturated rings. The number of aliphatic hydroxyl groups is 1. The minimum Gasteiger partial charge on any atom is -0.493 e. The number of rotatable bonds is 5. The number of fused-ring (bicyclic) bond motifs is 1. The first-order chi connectivity index (χ1) is 17.9. The number of aliphatic hydroxyl groups excluding tert-OH is 1. The van der Waals surface area contributed by atoms with Crippen molar-refractivity contribution in [3.05, 3.63) is 47.5 Å². The summed E-state index contributed by atoms with van der Waals surface area (Å²) in [6.45, 7) is 3.37. The largest absolute Gasteiger partial charge is 0.493 e. The van der Waals surface area contributed by atoms with Crippen molar-refractivity contribution in [2.24, 2.45) is 0 Å². The number of nitrogens with zero attached hydrogens (tertiary/aromatic N) is 2. The number of anilines is 2. The molecule has 11 heteroatoms. The Morgan fingerprint density at radius 2 is 1.97 bits per heavy atom. The summed E-state index contributed by atoms with van der Waals surface area (Å²) in [4.78, 5) is 21.1. The van der Waals surface area contributed by atoms with E-state index in [-0.39, 0.29) is 29.3 Å². The van der Waals surface area contributed by atoms with Gasteiger partial charge in [-0.25, -0.2) is 14.4 Å². The first kappa shape index (κ1) is 26.8. The number of ether oxygens (including phenoxy) is 2. The van der Waals surface area contributed by atoms with E-state index in [0.717, 1.165) is 19.4 Å². The number of hydrogen-bond donors (Lipinski definition) is 4. The Morgan fingerprint density at radius 3 is 2.68 bits per heavy atom. The molecule has 0 atom stereocenters. The van der Waals surface area contributed by atoms with Gasteiger partial charge in [-0.05, 0) is 50.8 Å². The van der Waals surface area contributed by atoms with Crippen LogP contribution in [0.4, 0.5) is 15.9 Å². The molecule has 2 aromatic carbocycles. The zero-order valence-corrected chi connectivity index (χ0v) is 21.6. The molecule has 4 N–H and O–H groups in total. The van der Waals surface area contributed by atoms with Crippen LogP contribution in [0.5, 0.6) is 11.5 Å². The summed E-state index contributed by atoms with van der Waals surface area (Å²) in [6.07, 6.45) is 4.18. The molecule has 1 saturated heterocycles. The molecule has 1 amide bonds. The van der Waals surface area contributed by atoms with Gasteiger partial charge in [-0.15, -0.1) is 0 Å². The van der Waals surface area contributed by atoms with Gasteiger partial charge in [-0.3, -0.25) is 4.79 Å². The number of aromatic nitrogens is 2. The van der Waals surface area contributed by atoms with Gasteiger partial charge in [-0.2, -0.15) is 0 Å². The molecule has 0 bridgehead atoms. The Balaban J connectivity index is 0.00000102. The number of halogens is 2. The maximum absolute atomic E-state index is 14.5. The van der Waals surface area contributed by atoms with Crippen molar-refractivity contribution in [3.8, 4) is 11.5 Å². The van der Waals surface area contributed by atoms with E-state index in [1.54, 1.807) is 38.3 Å². The second kappa shape index (κ2) is 11.9. The zero-order valence-electron chi connectivity index (χ0n) is 20.8. The fraction of sp³-hybridized carbons (Fsp3) is 0.423. The summed E-state index contributed by atoms with van der Waals surface area (Å²) in [6, 6.07) is 8.30. The average Bonchev–Trinajstić information content (AvgIpc) is 2.90. The number of carbonyl (C=O) groups excluding carboxylic acids is 1. The van der Waals surface area contributed by atoms with Crippen molar-refractivity contribution in [2.45, 2.75) is 44.2 Å². The number of carbonyl (C=O) groups is 1. The van der Waals surface area contributed by atoms with Gasteiger partial charge in [0.2, 0.25) is 5.91 Å². The number of amides is 1. The highest BCUT2D eigenvalue weighted by atomic mass is 35.5. The highest BCUT2D eigenvalue weighted by molar-refractivity contribution is 6.31. The Labute approximate surface area is 219 Å². The van der Waals surface area contributed by atoms with Crippen LogP contribution < -0.4 is 25.4 Å². The Kier molecular flexibility index (Phi) is 8.63. The van der Waals surface area contributed by atoms with E-state index < -0.39 is 11.4 Å². The lowest BCUT2D eigenvalue weighted by atomic mass is 9.78. The Hall–Kier alpha value is -3.21. The van der Waals surface area contributed by atoms with Gasteiger partial charge in [0.25, 0.3) is 0 Å². The van der Waals surface area contributed by atoms with Crippen molar-refractivity contribution < 1.29 is 23.8 Å². The minimum atomic E-state index is -0.558. The number of methoxy groups -OCH3 is 1. The lowest BCUT2D eigenvalue weighted by Crippen LogP contribution is -2.64. The quantitative estimate of drug-likeness (QED) is 0.391. The summed E-state index contributed by atoms with van der Waals surface area (Å²) in [5, 5.41) is 17.6. The zero-order chi connectivity index (χ0) is 26.4. The topological polar surface area (TPSA) is 118 Å². The normalized spacial score (nSPS) is 21.1. The van der Waals surface area contributed by atoms with Crippen LogP contribution in [-0.4, -0.2) is 59.4 Å². The SMILES string of the molecule is CCO.COc1cc2ncnc(Nc3cccc(Cl)c3F)c2cc1OC1CCC2(CC1)NCCNC2=O. The Bertz CT molecular complexity index is 1250. The first-order valence-corrected chi connectivity index (χ1v) is 12.6. The molecule has 0 unspecified atom stereocenters. The van der Waals surface area contributed by atoms with E-state index in [9.17, 15) is 9.18 Å². The summed E-state index contributed by atoms with van der Waals surface area (Å²) < 4.78 is 26.4. The molecule has 37 heavy (non-hydrogen) atoms. The first-order valence-electron chi connectivity index (χ1n) is 12.3. The average molecular weight is 532 g/mol. The molecule has 9 nitrogen and oxygen atoms in total. The number of piperazine rings is 1. The molecule has 5 rings (SSSR count). The van der Waals surface area contributed by atoms with Gasteiger partial charge in [-0.1, -0.05) is 17.7 Å². The van der Waals surface area contributed by atoms with E-state index in [4.69, 9.17) is 26.2 Å². The number of benzene rings is 2. The molecule has 2 aliphatic rings. The molecular weight excluding hydrogens is 501 g/mol. The van der Waals surface area contributed by atoms with Crippen LogP contribution in [0.3, 0.4) is 0 Å². The van der Waals surface area contributed by atoms with Gasteiger partial charge in [0.05, 0.1) is 35.0 Å². The van der Waals surface area contributed by atoms with Crippen LogP contribution in [0.15, 0.2) is 36.7 Å². The third-order valence-electron chi connectivity index (χ3n) is 6.51. The monoisotopic (exact) mass is 531 g/mol. The lowest BCUT2D eigenvalue weighted by molar-refractivity contribution is -0.131. The fourth-order valence-corrected chi connectivity index (χ4v) is 4.83. The number of nitrogens with one attached hydrogen (secondary N) is 3. The predicted molar refractivity (Wildman–Crippen MR) is 140 cm³/mol. The molecule has 1 spiro atoms. The standard InChI is InChI=1S/C24H25ClFN5O3.C2H6O/c1-33-19-12-18-15(22(29-13-28-18)31-17-4-2-3-16(25)21(17)26)11-20(19)34-14-5-7-24(8-6-14)23(32)27-9-10-30-24;1-2-3/h2-4,11-14,30H,5-10H2,1H3,(H,27,32)(H,28,29,31);3H,2H2,1H3. The molecule has 3 aromatic rings. The van der Waals surface area contributed by atoms with Gasteiger partial charge in [0.1, 0.15) is 12.1 Å². The molecule has 198 valence electrons. The van der Waals surface area contributed by atoms with E-state index >= 15 is 0 Å². The second-order valence-electron chi connectivity index (χ2n) is 8.87. The van der Waals surface area contributed by atoms with Crippen LogP contribution in [0, 0.1) is 5.82 Å². The van der Waals surface area contributed by atoms with Crippen molar-refractivity contribution in [1.82, 2.24) is 20.6 Å². The molecule has 0 radical (unpaired) electrons. The molecule has 1 aliphatic carbocycles. The third-order valence-corrected chi connectivity index (χ3v) is 6.81. The minimum absolute atomic E-state index is 0.0188. The van der Waals surface area contributed by atoms with Crippen LogP contribution in [0.1, 0.15) is 32.6 Å². The van der Waals surface area contributed by atoms with Crippen LogP contribution in [0.25, 0.3) is 10.9 Å². The number of hydrogen-bond acceptors (Lipinski definition) is 8. The smallest absolute Gasteiger partial charge is 0.240 e. The molecule has 2 heterocycles. The van der Waals surface area contributed by atoms with Gasteiger partial charge >= 0.3 is 0 Å². The molecule has 1 aliphatic heterocycles. The Morgan fingerprint density at radius 1 is 1.22 bits per heavy atom. The van der Waals surface area contributed by atoms with Gasteiger partial charge in [0.15, 0.2) is 17.3 Å². The predicted octanol–water partition coefficient (Wildman–Crippen LogP) is 3.95. The fourth-order valence-electron chi connectivity index (χ4n) is 4.66. The molecule has 1 aromatic heterocycles. The van der Waals surface area contributed by atoms with Crippen LogP contribution >= 0.6 is 11.6 Å². The van der Waals surface area contributed by atoms with Crippen molar-refractivity contribution in [1.29, 1.82) is 0 Å². The summed E-state index contributed by atoms with van der Waals surface area (Å²) in [5.74, 6) is 1.02. The van der Waals surface area contributed by atoms with Crippen LogP contribution in [-0.2, 0) is 4.79 Å². The summed E-state index contributed by atoms with van der Waals surface area (Å²) >= 11 is 5.92. The van der Waals surface area contributed by atoms with E-state index in [2.05, 4.69) is 25.9 Å². The van der Waals surface area contributed by atoms with Crippen molar-refractivity contribution in [2.75, 3.05) is 32.1 Å². The maximum atomic E-state index is 14.5. The van der Waals surface area contributed by atoms with Gasteiger partial charge < -0.3 is 30.5 Å². The van der Waals surface area contributed by atoms with E-state index in [1.807, 2.05) is 0 Å². The maximum Gasteiger partial charge on any atom is 0.240 e. The van der Waals surface area contributed by atoms with Gasteiger partial charge in [0, 0.05) is 31.1 Å². The highest BCUT2D eigenvalue weighted by Gasteiger charge is 2.43. The summed E-state index contributed by atoms with van der Waals surface area (Å²) in [7, 11) is 1.57. The van der Waals surface area contributed by atoms with Crippen molar-refractivity contribution in [3.63, 3.8) is 0 Å². The molecular formula is C26H31ClFN5O4. The molecule has 1 saturated carbocycles. The van der Waals surface area contributed by atoms with Crippen LogP contribution in [0.2, 0.25) is 5.02 Å². The lowest BCUT2D eigenvalue weighted by Gasteiger charge is -2.42. The third kappa shape index (κ3) is 5.87. The second-order valence-corrected chi connectivity index (χ2v) is 9.27. The van der Waals surface area contributed by atoms with E-state index in [0.29, 0.717) is 47.6 Å². The summed E-state index contributed by atoms with van der Waals surface area (Å²) in [5.41, 5.74) is 0.328. The highest BCUT2D eigenvalue weighted by Crippen LogP contribution is 2.38. The van der Waals surface area contributed by atoms with E-state index in [1.165, 1.54) is 12.4 Å². The van der Waals surface area contributed by atoms with Crippen molar-refractivity contribution >= 4 is 39.9 Å².